The van der Waals surface area contributed by atoms with Crippen molar-refractivity contribution in [2.24, 2.45) is 0 Å². The first-order valence-corrected chi connectivity index (χ1v) is 8.83. The Morgan fingerprint density at radius 2 is 1.85 bits per heavy atom. The third-order valence-corrected chi connectivity index (χ3v) is 4.92. The number of aromatic amines is 1. The van der Waals surface area contributed by atoms with E-state index in [0.717, 1.165) is 48.8 Å². The molecule has 0 aliphatic carbocycles. The first kappa shape index (κ1) is 16.7. The minimum atomic E-state index is 0.721. The summed E-state index contributed by atoms with van der Waals surface area (Å²) in [7, 11) is 3.30. The van der Waals surface area contributed by atoms with Crippen molar-refractivity contribution in [2.45, 2.75) is 19.5 Å². The maximum atomic E-state index is 5.45. The molecule has 0 atom stereocenters. The fourth-order valence-electron chi connectivity index (χ4n) is 3.55. The van der Waals surface area contributed by atoms with Gasteiger partial charge in [-0.05, 0) is 23.8 Å². The second-order valence-electron chi connectivity index (χ2n) is 6.55. The molecule has 0 unspecified atom stereocenters. The van der Waals surface area contributed by atoms with E-state index in [4.69, 9.17) is 9.47 Å². The van der Waals surface area contributed by atoms with Crippen LogP contribution >= 0.6 is 0 Å². The second kappa shape index (κ2) is 7.22. The standard InChI is InChI=1S/C21H23N3O2/c1-25-19-9-8-16(12-20(19)26-2)21-17-14-24(11-10-18(17)22-23-21)13-15-6-4-3-5-7-15/h3-9,12H,10-11,13-14H2,1-2H3,(H,22,23). The van der Waals surface area contributed by atoms with Gasteiger partial charge in [0, 0.05) is 42.9 Å². The maximum Gasteiger partial charge on any atom is 0.161 e. The van der Waals surface area contributed by atoms with Crippen molar-refractivity contribution in [3.05, 3.63) is 65.4 Å². The van der Waals surface area contributed by atoms with Crippen molar-refractivity contribution in [1.82, 2.24) is 15.1 Å². The summed E-state index contributed by atoms with van der Waals surface area (Å²) in [4.78, 5) is 2.47. The predicted octanol–water partition coefficient (Wildman–Crippen LogP) is 3.65. The molecule has 0 saturated carbocycles. The number of hydrogen-bond donors (Lipinski definition) is 1. The highest BCUT2D eigenvalue weighted by Gasteiger charge is 2.23. The highest BCUT2D eigenvalue weighted by atomic mass is 16.5. The third-order valence-electron chi connectivity index (χ3n) is 4.92. The van der Waals surface area contributed by atoms with E-state index in [1.165, 1.54) is 16.8 Å². The first-order valence-electron chi connectivity index (χ1n) is 8.83. The van der Waals surface area contributed by atoms with Gasteiger partial charge in [0.2, 0.25) is 0 Å². The van der Waals surface area contributed by atoms with Crippen LogP contribution in [0.4, 0.5) is 0 Å². The van der Waals surface area contributed by atoms with Crippen molar-refractivity contribution in [3.8, 4) is 22.8 Å². The molecular weight excluding hydrogens is 326 g/mol. The lowest BCUT2D eigenvalue weighted by atomic mass is 10.00. The number of ether oxygens (including phenoxy) is 2. The Morgan fingerprint density at radius 1 is 1.04 bits per heavy atom. The van der Waals surface area contributed by atoms with Crippen LogP contribution < -0.4 is 9.47 Å². The summed E-state index contributed by atoms with van der Waals surface area (Å²) >= 11 is 0. The van der Waals surface area contributed by atoms with Crippen LogP contribution in [-0.2, 0) is 19.5 Å². The van der Waals surface area contributed by atoms with Crippen LogP contribution in [0.1, 0.15) is 16.8 Å². The van der Waals surface area contributed by atoms with Crippen LogP contribution in [0.15, 0.2) is 48.5 Å². The molecule has 0 radical (unpaired) electrons. The molecule has 5 nitrogen and oxygen atoms in total. The molecule has 1 aromatic heterocycles. The Bertz CT molecular complexity index is 890. The lowest BCUT2D eigenvalue weighted by Crippen LogP contribution is -2.29. The van der Waals surface area contributed by atoms with Gasteiger partial charge < -0.3 is 9.47 Å². The number of hydrogen-bond acceptors (Lipinski definition) is 4. The number of nitrogens with one attached hydrogen (secondary N) is 1. The van der Waals surface area contributed by atoms with Crippen molar-refractivity contribution in [2.75, 3.05) is 20.8 Å². The van der Waals surface area contributed by atoms with Gasteiger partial charge in [-0.25, -0.2) is 0 Å². The summed E-state index contributed by atoms with van der Waals surface area (Å²) in [6.45, 7) is 2.89. The predicted molar refractivity (Wildman–Crippen MR) is 101 cm³/mol. The van der Waals surface area contributed by atoms with E-state index >= 15 is 0 Å². The van der Waals surface area contributed by atoms with Crippen molar-refractivity contribution >= 4 is 0 Å². The van der Waals surface area contributed by atoms with Crippen LogP contribution in [0.2, 0.25) is 0 Å². The van der Waals surface area contributed by atoms with Gasteiger partial charge in [-0.1, -0.05) is 30.3 Å². The minimum Gasteiger partial charge on any atom is -0.493 e. The Morgan fingerprint density at radius 3 is 2.62 bits per heavy atom. The van der Waals surface area contributed by atoms with Gasteiger partial charge in [0.1, 0.15) is 0 Å². The molecule has 0 bridgehead atoms. The smallest absolute Gasteiger partial charge is 0.161 e. The molecule has 0 saturated heterocycles. The number of aromatic nitrogens is 2. The van der Waals surface area contributed by atoms with Gasteiger partial charge in [-0.3, -0.25) is 10.00 Å². The van der Waals surface area contributed by atoms with E-state index < -0.39 is 0 Å². The molecule has 4 rings (SSSR count). The zero-order valence-electron chi connectivity index (χ0n) is 15.2. The molecule has 0 fully saturated rings. The van der Waals surface area contributed by atoms with Crippen LogP contribution in [-0.4, -0.2) is 35.9 Å². The molecule has 5 heteroatoms. The largest absolute Gasteiger partial charge is 0.493 e. The molecule has 1 N–H and O–H groups in total. The van der Waals surface area contributed by atoms with Gasteiger partial charge in [-0.15, -0.1) is 0 Å². The zero-order chi connectivity index (χ0) is 17.9. The van der Waals surface area contributed by atoms with E-state index in [1.807, 2.05) is 18.2 Å². The summed E-state index contributed by atoms with van der Waals surface area (Å²) in [6, 6.07) is 16.6. The third kappa shape index (κ3) is 3.18. The molecule has 2 heterocycles. The number of H-pyrrole nitrogens is 1. The van der Waals surface area contributed by atoms with E-state index in [1.54, 1.807) is 14.2 Å². The molecule has 0 amide bonds. The lowest BCUT2D eigenvalue weighted by Gasteiger charge is -2.27. The van der Waals surface area contributed by atoms with E-state index in [0.29, 0.717) is 0 Å². The van der Waals surface area contributed by atoms with E-state index in [9.17, 15) is 0 Å². The fourth-order valence-corrected chi connectivity index (χ4v) is 3.55. The molecular formula is C21H23N3O2. The molecule has 1 aliphatic rings. The highest BCUT2D eigenvalue weighted by molar-refractivity contribution is 5.68. The van der Waals surface area contributed by atoms with Crippen molar-refractivity contribution in [3.63, 3.8) is 0 Å². The zero-order valence-corrected chi connectivity index (χ0v) is 15.2. The van der Waals surface area contributed by atoms with Crippen LogP contribution in [0.5, 0.6) is 11.5 Å². The average Bonchev–Trinajstić information content (AvgIpc) is 3.11. The number of fused-ring (bicyclic) bond motifs is 1. The summed E-state index contributed by atoms with van der Waals surface area (Å²) in [6.07, 6.45) is 0.989. The van der Waals surface area contributed by atoms with Gasteiger partial charge in [0.05, 0.1) is 19.9 Å². The normalized spacial score (nSPS) is 14.1. The lowest BCUT2D eigenvalue weighted by molar-refractivity contribution is 0.245. The molecule has 3 aromatic rings. The van der Waals surface area contributed by atoms with E-state index in [-0.39, 0.29) is 0 Å². The molecule has 0 spiro atoms. The quantitative estimate of drug-likeness (QED) is 0.764. The van der Waals surface area contributed by atoms with Gasteiger partial charge in [-0.2, -0.15) is 5.10 Å². The minimum absolute atomic E-state index is 0.721. The fraction of sp³-hybridized carbons (Fsp3) is 0.286. The SMILES string of the molecule is COc1ccc(-c2n[nH]c3c2CN(Cc2ccccc2)CC3)cc1OC. The van der Waals surface area contributed by atoms with Crippen molar-refractivity contribution in [1.29, 1.82) is 0 Å². The second-order valence-corrected chi connectivity index (χ2v) is 6.55. The van der Waals surface area contributed by atoms with Crippen molar-refractivity contribution < 1.29 is 9.47 Å². The first-order chi connectivity index (χ1) is 12.8. The topological polar surface area (TPSA) is 50.4 Å². The van der Waals surface area contributed by atoms with Crippen LogP contribution in [0.3, 0.4) is 0 Å². The summed E-state index contributed by atoms with van der Waals surface area (Å²) in [5, 5.41) is 7.82. The molecule has 134 valence electrons. The maximum absolute atomic E-state index is 5.45. The number of rotatable bonds is 5. The average molecular weight is 349 g/mol. The van der Waals surface area contributed by atoms with Gasteiger partial charge in [0.25, 0.3) is 0 Å². The summed E-state index contributed by atoms with van der Waals surface area (Å²) in [5.74, 6) is 1.45. The number of nitrogens with zero attached hydrogens (tertiary/aromatic N) is 2. The summed E-state index contributed by atoms with van der Waals surface area (Å²) in [5.41, 5.74) is 5.89. The van der Waals surface area contributed by atoms with Crippen LogP contribution in [0.25, 0.3) is 11.3 Å². The Kier molecular flexibility index (Phi) is 4.63. The van der Waals surface area contributed by atoms with Crippen LogP contribution in [0, 0.1) is 0 Å². The monoisotopic (exact) mass is 349 g/mol. The summed E-state index contributed by atoms with van der Waals surface area (Å²) < 4.78 is 10.8. The van der Waals surface area contributed by atoms with E-state index in [2.05, 4.69) is 45.4 Å². The number of methoxy groups -OCH3 is 2. The van der Waals surface area contributed by atoms with Gasteiger partial charge >= 0.3 is 0 Å². The Labute approximate surface area is 153 Å². The molecule has 1 aliphatic heterocycles. The Balaban J connectivity index is 1.61. The Hall–Kier alpha value is -2.79. The molecule has 26 heavy (non-hydrogen) atoms. The number of benzene rings is 2. The van der Waals surface area contributed by atoms with Gasteiger partial charge in [0.15, 0.2) is 11.5 Å². The molecule has 2 aromatic carbocycles. The highest BCUT2D eigenvalue weighted by Crippen LogP contribution is 2.35.